The Morgan fingerprint density at radius 3 is 2.52 bits per heavy atom. The maximum absolute atomic E-state index is 11.9. The van der Waals surface area contributed by atoms with E-state index in [0.717, 1.165) is 25.2 Å². The summed E-state index contributed by atoms with van der Waals surface area (Å²) in [5.41, 5.74) is 1.71. The van der Waals surface area contributed by atoms with Gasteiger partial charge in [-0.15, -0.1) is 0 Å². The standard InChI is InChI=1S/C15H24N2O3S/c1-12(2)11-21(18,19)16-13-4-6-14(7-5-13)17-9-8-15(10-17)20-3/h4-7,12,15-16H,8-11H2,1-3H3. The molecule has 0 spiro atoms. The van der Waals surface area contributed by atoms with E-state index in [9.17, 15) is 8.42 Å². The molecule has 0 amide bonds. The van der Waals surface area contributed by atoms with Gasteiger partial charge in [0.25, 0.3) is 0 Å². The van der Waals surface area contributed by atoms with Crippen LogP contribution in [0.25, 0.3) is 0 Å². The third-order valence-electron chi connectivity index (χ3n) is 3.54. The number of hydrogen-bond donors (Lipinski definition) is 1. The van der Waals surface area contributed by atoms with E-state index in [1.807, 2.05) is 38.1 Å². The fourth-order valence-corrected chi connectivity index (χ4v) is 4.01. The monoisotopic (exact) mass is 312 g/mol. The minimum Gasteiger partial charge on any atom is -0.380 e. The summed E-state index contributed by atoms with van der Waals surface area (Å²) in [5.74, 6) is 0.244. The highest BCUT2D eigenvalue weighted by molar-refractivity contribution is 7.92. The number of hydrogen-bond acceptors (Lipinski definition) is 4. The first-order valence-corrected chi connectivity index (χ1v) is 8.93. The number of nitrogens with zero attached hydrogens (tertiary/aromatic N) is 1. The number of ether oxygens (including phenoxy) is 1. The Hall–Kier alpha value is -1.27. The van der Waals surface area contributed by atoms with Gasteiger partial charge in [-0.2, -0.15) is 0 Å². The minimum atomic E-state index is -3.26. The van der Waals surface area contributed by atoms with Crippen LogP contribution in [0.15, 0.2) is 24.3 Å². The molecule has 1 aliphatic heterocycles. The largest absolute Gasteiger partial charge is 0.380 e. The molecule has 1 atom stereocenters. The summed E-state index contributed by atoms with van der Waals surface area (Å²) in [6, 6.07) is 7.53. The van der Waals surface area contributed by atoms with Gasteiger partial charge in [0, 0.05) is 31.6 Å². The summed E-state index contributed by atoms with van der Waals surface area (Å²) in [7, 11) is -1.53. The van der Waals surface area contributed by atoms with E-state index in [2.05, 4.69) is 9.62 Å². The number of sulfonamides is 1. The van der Waals surface area contributed by atoms with Crippen molar-refractivity contribution in [2.75, 3.05) is 35.6 Å². The molecular formula is C15H24N2O3S. The SMILES string of the molecule is COC1CCN(c2ccc(NS(=O)(=O)CC(C)C)cc2)C1. The van der Waals surface area contributed by atoms with Crippen LogP contribution in [0.1, 0.15) is 20.3 Å². The second-order valence-corrected chi connectivity index (χ2v) is 7.68. The maximum atomic E-state index is 11.9. The summed E-state index contributed by atoms with van der Waals surface area (Å²) >= 11 is 0. The second-order valence-electron chi connectivity index (χ2n) is 5.92. The van der Waals surface area contributed by atoms with Crippen molar-refractivity contribution < 1.29 is 13.2 Å². The van der Waals surface area contributed by atoms with Gasteiger partial charge in [-0.1, -0.05) is 13.8 Å². The molecule has 1 N–H and O–H groups in total. The zero-order valence-electron chi connectivity index (χ0n) is 12.9. The van der Waals surface area contributed by atoms with Crippen LogP contribution < -0.4 is 9.62 Å². The Morgan fingerprint density at radius 2 is 2.00 bits per heavy atom. The highest BCUT2D eigenvalue weighted by atomic mass is 32.2. The van der Waals surface area contributed by atoms with Crippen molar-refractivity contribution in [3.8, 4) is 0 Å². The number of nitrogens with one attached hydrogen (secondary N) is 1. The van der Waals surface area contributed by atoms with Gasteiger partial charge in [0.15, 0.2) is 0 Å². The molecule has 2 rings (SSSR count). The molecule has 0 radical (unpaired) electrons. The van der Waals surface area contributed by atoms with Crippen LogP contribution >= 0.6 is 0 Å². The molecule has 1 unspecified atom stereocenters. The van der Waals surface area contributed by atoms with E-state index in [-0.39, 0.29) is 17.8 Å². The molecule has 1 saturated heterocycles. The van der Waals surface area contributed by atoms with Crippen LogP contribution in [0.3, 0.4) is 0 Å². The summed E-state index contributed by atoms with van der Waals surface area (Å²) in [4.78, 5) is 2.25. The van der Waals surface area contributed by atoms with Gasteiger partial charge in [0.05, 0.1) is 11.9 Å². The zero-order valence-corrected chi connectivity index (χ0v) is 13.7. The lowest BCUT2D eigenvalue weighted by molar-refractivity contribution is 0.121. The predicted molar refractivity (Wildman–Crippen MR) is 86.3 cm³/mol. The average Bonchev–Trinajstić information content (AvgIpc) is 2.86. The summed E-state index contributed by atoms with van der Waals surface area (Å²) in [6.07, 6.45) is 1.31. The number of methoxy groups -OCH3 is 1. The molecule has 0 saturated carbocycles. The van der Waals surface area contributed by atoms with Gasteiger partial charge in [-0.05, 0) is 36.6 Å². The van der Waals surface area contributed by atoms with Crippen LogP contribution in [0.5, 0.6) is 0 Å². The number of anilines is 2. The molecule has 6 heteroatoms. The lowest BCUT2D eigenvalue weighted by Crippen LogP contribution is -2.22. The molecule has 0 aliphatic carbocycles. The van der Waals surface area contributed by atoms with E-state index >= 15 is 0 Å². The van der Waals surface area contributed by atoms with E-state index in [1.54, 1.807) is 7.11 Å². The van der Waals surface area contributed by atoms with Crippen molar-refractivity contribution in [1.82, 2.24) is 0 Å². The van der Waals surface area contributed by atoms with Crippen molar-refractivity contribution in [3.05, 3.63) is 24.3 Å². The lowest BCUT2D eigenvalue weighted by Gasteiger charge is -2.19. The van der Waals surface area contributed by atoms with Crippen LogP contribution in [0, 0.1) is 5.92 Å². The van der Waals surface area contributed by atoms with E-state index in [4.69, 9.17) is 4.74 Å². The second kappa shape index (κ2) is 6.66. The lowest BCUT2D eigenvalue weighted by atomic mass is 10.2. The van der Waals surface area contributed by atoms with Crippen LogP contribution in [0.2, 0.25) is 0 Å². The fraction of sp³-hybridized carbons (Fsp3) is 0.600. The van der Waals surface area contributed by atoms with E-state index in [0.29, 0.717) is 5.69 Å². The van der Waals surface area contributed by atoms with E-state index < -0.39 is 10.0 Å². The first-order valence-electron chi connectivity index (χ1n) is 7.28. The molecule has 1 aliphatic rings. The Balaban J connectivity index is 1.99. The van der Waals surface area contributed by atoms with Gasteiger partial charge in [-0.25, -0.2) is 8.42 Å². The molecule has 0 bridgehead atoms. The minimum absolute atomic E-state index is 0.109. The smallest absolute Gasteiger partial charge is 0.232 e. The zero-order chi connectivity index (χ0) is 15.5. The van der Waals surface area contributed by atoms with Crippen molar-refractivity contribution in [2.24, 2.45) is 5.92 Å². The molecule has 1 fully saturated rings. The molecule has 1 heterocycles. The van der Waals surface area contributed by atoms with Crippen LogP contribution in [-0.2, 0) is 14.8 Å². The molecular weight excluding hydrogens is 288 g/mol. The molecule has 1 aromatic rings. The molecule has 118 valence electrons. The Kier molecular flexibility index (Phi) is 5.11. The molecule has 21 heavy (non-hydrogen) atoms. The third-order valence-corrected chi connectivity index (χ3v) is 5.19. The van der Waals surface area contributed by atoms with Crippen molar-refractivity contribution in [2.45, 2.75) is 26.4 Å². The molecule has 5 nitrogen and oxygen atoms in total. The maximum Gasteiger partial charge on any atom is 0.232 e. The van der Waals surface area contributed by atoms with Gasteiger partial charge < -0.3 is 9.64 Å². The van der Waals surface area contributed by atoms with Gasteiger partial charge in [0.2, 0.25) is 10.0 Å². The fourth-order valence-electron chi connectivity index (χ4n) is 2.56. The van der Waals surface area contributed by atoms with Crippen LogP contribution in [0.4, 0.5) is 11.4 Å². The predicted octanol–water partition coefficient (Wildman–Crippen LogP) is 2.31. The summed E-state index contributed by atoms with van der Waals surface area (Å²) in [5, 5.41) is 0. The normalized spacial score (nSPS) is 19.2. The first kappa shape index (κ1) is 16.1. The number of benzene rings is 1. The third kappa shape index (κ3) is 4.61. The van der Waals surface area contributed by atoms with Gasteiger partial charge in [0.1, 0.15) is 0 Å². The summed E-state index contributed by atoms with van der Waals surface area (Å²) in [6.45, 7) is 5.63. The number of rotatable bonds is 6. The highest BCUT2D eigenvalue weighted by Crippen LogP contribution is 2.23. The van der Waals surface area contributed by atoms with Crippen LogP contribution in [-0.4, -0.2) is 40.5 Å². The topological polar surface area (TPSA) is 58.6 Å². The van der Waals surface area contributed by atoms with Crippen molar-refractivity contribution in [1.29, 1.82) is 0 Å². The molecule has 1 aromatic carbocycles. The first-order chi connectivity index (χ1) is 9.89. The van der Waals surface area contributed by atoms with Gasteiger partial charge in [-0.3, -0.25) is 4.72 Å². The van der Waals surface area contributed by atoms with Gasteiger partial charge >= 0.3 is 0 Å². The van der Waals surface area contributed by atoms with E-state index in [1.165, 1.54) is 0 Å². The van der Waals surface area contributed by atoms with Crippen molar-refractivity contribution >= 4 is 21.4 Å². The highest BCUT2D eigenvalue weighted by Gasteiger charge is 2.22. The Bertz CT molecular complexity index is 555. The summed E-state index contributed by atoms with van der Waals surface area (Å²) < 4.78 is 31.8. The quantitative estimate of drug-likeness (QED) is 0.876. The average molecular weight is 312 g/mol. The Morgan fingerprint density at radius 1 is 1.33 bits per heavy atom. The molecule has 0 aromatic heterocycles. The van der Waals surface area contributed by atoms with Crippen molar-refractivity contribution in [3.63, 3.8) is 0 Å². The Labute approximate surface area is 127 Å².